The predicted molar refractivity (Wildman–Crippen MR) is 73.4 cm³/mol. The third kappa shape index (κ3) is 5.84. The molecule has 1 N–H and O–H groups in total. The van der Waals surface area contributed by atoms with Crippen molar-refractivity contribution in [3.05, 3.63) is 0 Å². The molecule has 2 atom stereocenters. The van der Waals surface area contributed by atoms with E-state index in [1.54, 1.807) is 0 Å². The van der Waals surface area contributed by atoms with Gasteiger partial charge in [0.25, 0.3) is 0 Å². The van der Waals surface area contributed by atoms with Crippen molar-refractivity contribution >= 4 is 0 Å². The van der Waals surface area contributed by atoms with E-state index in [4.69, 9.17) is 4.74 Å². The fraction of sp³-hybridized carbons (Fsp3) is 1.00. The molecule has 102 valence electrons. The third-order valence-corrected chi connectivity index (χ3v) is 3.81. The van der Waals surface area contributed by atoms with Gasteiger partial charge in [-0.05, 0) is 12.3 Å². The average molecular weight is 242 g/mol. The van der Waals surface area contributed by atoms with Crippen LogP contribution in [0.5, 0.6) is 0 Å². The smallest absolute Gasteiger partial charge is 0.0593 e. The Kier molecular flexibility index (Phi) is 7.82. The summed E-state index contributed by atoms with van der Waals surface area (Å²) in [6, 6.07) is 0.671. The van der Waals surface area contributed by atoms with Crippen LogP contribution in [-0.2, 0) is 4.74 Å². The summed E-state index contributed by atoms with van der Waals surface area (Å²) >= 11 is 0. The molecule has 0 saturated carbocycles. The number of hydrogen-bond donors (Lipinski definition) is 1. The Hall–Kier alpha value is -0.120. The molecule has 0 amide bonds. The van der Waals surface area contributed by atoms with Gasteiger partial charge in [0.05, 0.1) is 6.61 Å². The second-order valence-corrected chi connectivity index (χ2v) is 5.21. The summed E-state index contributed by atoms with van der Waals surface area (Å²) in [5, 5.41) is 3.63. The van der Waals surface area contributed by atoms with Crippen LogP contribution in [0.3, 0.4) is 0 Å². The molecule has 0 aromatic carbocycles. The van der Waals surface area contributed by atoms with Crippen LogP contribution in [0.1, 0.15) is 40.0 Å². The van der Waals surface area contributed by atoms with Gasteiger partial charge in [0, 0.05) is 38.8 Å². The van der Waals surface area contributed by atoms with E-state index in [0.717, 1.165) is 32.2 Å². The van der Waals surface area contributed by atoms with Gasteiger partial charge in [0.15, 0.2) is 0 Å². The van der Waals surface area contributed by atoms with Crippen molar-refractivity contribution in [2.24, 2.45) is 5.92 Å². The van der Waals surface area contributed by atoms with Gasteiger partial charge in [0.2, 0.25) is 0 Å². The van der Waals surface area contributed by atoms with E-state index in [0.29, 0.717) is 6.04 Å². The number of nitrogens with one attached hydrogen (secondary N) is 1. The largest absolute Gasteiger partial charge is 0.380 e. The summed E-state index contributed by atoms with van der Waals surface area (Å²) < 4.78 is 5.64. The van der Waals surface area contributed by atoms with E-state index in [2.05, 4.69) is 31.0 Å². The molecule has 17 heavy (non-hydrogen) atoms. The molecule has 1 fully saturated rings. The van der Waals surface area contributed by atoms with E-state index in [1.165, 1.54) is 32.4 Å². The summed E-state index contributed by atoms with van der Waals surface area (Å²) in [6.45, 7) is 13.2. The topological polar surface area (TPSA) is 24.5 Å². The van der Waals surface area contributed by atoms with E-state index >= 15 is 0 Å². The number of hydrogen-bond acceptors (Lipinski definition) is 3. The SMILES string of the molecule is CCCCOCCN1CCNC(C(C)CC)C1. The van der Waals surface area contributed by atoms with Gasteiger partial charge in [-0.15, -0.1) is 0 Å². The molecule has 3 nitrogen and oxygen atoms in total. The Morgan fingerprint density at radius 2 is 2.18 bits per heavy atom. The molecule has 2 unspecified atom stereocenters. The maximum absolute atomic E-state index is 5.64. The number of ether oxygens (including phenoxy) is 1. The minimum Gasteiger partial charge on any atom is -0.380 e. The number of rotatable bonds is 8. The van der Waals surface area contributed by atoms with Gasteiger partial charge in [-0.2, -0.15) is 0 Å². The van der Waals surface area contributed by atoms with Crippen LogP contribution in [0.15, 0.2) is 0 Å². The lowest BCUT2D eigenvalue weighted by molar-refractivity contribution is 0.0841. The normalized spacial score (nSPS) is 23.8. The van der Waals surface area contributed by atoms with Gasteiger partial charge in [-0.25, -0.2) is 0 Å². The lowest BCUT2D eigenvalue weighted by Crippen LogP contribution is -2.53. The first-order valence-corrected chi connectivity index (χ1v) is 7.31. The quantitative estimate of drug-likeness (QED) is 0.660. The Labute approximate surface area is 107 Å². The number of unbranched alkanes of at least 4 members (excludes halogenated alkanes) is 1. The van der Waals surface area contributed by atoms with Gasteiger partial charge in [0.1, 0.15) is 0 Å². The van der Waals surface area contributed by atoms with Crippen LogP contribution in [0, 0.1) is 5.92 Å². The molecular weight excluding hydrogens is 212 g/mol. The van der Waals surface area contributed by atoms with Crippen molar-refractivity contribution in [1.82, 2.24) is 10.2 Å². The Morgan fingerprint density at radius 3 is 2.88 bits per heavy atom. The zero-order chi connectivity index (χ0) is 12.5. The highest BCUT2D eigenvalue weighted by molar-refractivity contribution is 4.81. The van der Waals surface area contributed by atoms with Crippen LogP contribution in [0.4, 0.5) is 0 Å². The fourth-order valence-electron chi connectivity index (χ4n) is 2.25. The number of piperazine rings is 1. The van der Waals surface area contributed by atoms with Crippen LogP contribution >= 0.6 is 0 Å². The average Bonchev–Trinajstić information content (AvgIpc) is 2.38. The summed E-state index contributed by atoms with van der Waals surface area (Å²) in [4.78, 5) is 2.54. The predicted octanol–water partition coefficient (Wildman–Crippen LogP) is 2.12. The third-order valence-electron chi connectivity index (χ3n) is 3.81. The standard InChI is InChI=1S/C14H30N2O/c1-4-6-10-17-11-9-16-8-7-15-14(12-16)13(3)5-2/h13-15H,4-12H2,1-3H3. The lowest BCUT2D eigenvalue weighted by Gasteiger charge is -2.36. The van der Waals surface area contributed by atoms with Crippen LogP contribution in [0.2, 0.25) is 0 Å². The van der Waals surface area contributed by atoms with E-state index in [1.807, 2.05) is 0 Å². The Balaban J connectivity index is 2.12. The first-order chi connectivity index (χ1) is 8.27. The second kappa shape index (κ2) is 8.90. The molecule has 0 aromatic heterocycles. The molecule has 1 saturated heterocycles. The molecule has 1 aliphatic heterocycles. The van der Waals surface area contributed by atoms with Crippen molar-refractivity contribution in [3.63, 3.8) is 0 Å². The lowest BCUT2D eigenvalue weighted by atomic mass is 9.97. The van der Waals surface area contributed by atoms with E-state index in [-0.39, 0.29) is 0 Å². The highest BCUT2D eigenvalue weighted by Gasteiger charge is 2.22. The van der Waals surface area contributed by atoms with Crippen LogP contribution in [-0.4, -0.2) is 50.3 Å². The second-order valence-electron chi connectivity index (χ2n) is 5.21. The highest BCUT2D eigenvalue weighted by Crippen LogP contribution is 2.11. The number of nitrogens with zero attached hydrogens (tertiary/aromatic N) is 1. The minimum absolute atomic E-state index is 0.671. The molecular formula is C14H30N2O. The molecule has 0 aliphatic carbocycles. The van der Waals surface area contributed by atoms with Gasteiger partial charge < -0.3 is 10.1 Å². The molecule has 3 heteroatoms. The Bertz CT molecular complexity index is 187. The first-order valence-electron chi connectivity index (χ1n) is 7.31. The van der Waals surface area contributed by atoms with Crippen LogP contribution < -0.4 is 5.32 Å². The zero-order valence-corrected chi connectivity index (χ0v) is 11.9. The maximum atomic E-state index is 5.64. The summed E-state index contributed by atoms with van der Waals surface area (Å²) in [6.07, 6.45) is 3.68. The summed E-state index contributed by atoms with van der Waals surface area (Å²) in [7, 11) is 0. The maximum Gasteiger partial charge on any atom is 0.0593 e. The molecule has 0 aromatic rings. The molecule has 0 spiro atoms. The molecule has 1 rings (SSSR count). The van der Waals surface area contributed by atoms with Gasteiger partial charge in [-0.3, -0.25) is 4.90 Å². The molecule has 0 bridgehead atoms. The van der Waals surface area contributed by atoms with Crippen LogP contribution in [0.25, 0.3) is 0 Å². The molecule has 1 heterocycles. The van der Waals surface area contributed by atoms with Gasteiger partial charge >= 0.3 is 0 Å². The summed E-state index contributed by atoms with van der Waals surface area (Å²) in [5.41, 5.74) is 0. The fourth-order valence-corrected chi connectivity index (χ4v) is 2.25. The van der Waals surface area contributed by atoms with Crippen molar-refractivity contribution in [1.29, 1.82) is 0 Å². The Morgan fingerprint density at radius 1 is 1.35 bits per heavy atom. The summed E-state index contributed by atoms with van der Waals surface area (Å²) in [5.74, 6) is 0.777. The van der Waals surface area contributed by atoms with Gasteiger partial charge in [-0.1, -0.05) is 33.6 Å². The van der Waals surface area contributed by atoms with Crippen molar-refractivity contribution < 1.29 is 4.74 Å². The monoisotopic (exact) mass is 242 g/mol. The highest BCUT2D eigenvalue weighted by atomic mass is 16.5. The van der Waals surface area contributed by atoms with Crippen molar-refractivity contribution in [2.45, 2.75) is 46.1 Å². The van der Waals surface area contributed by atoms with Crippen molar-refractivity contribution in [2.75, 3.05) is 39.4 Å². The minimum atomic E-state index is 0.671. The molecule has 0 radical (unpaired) electrons. The van der Waals surface area contributed by atoms with E-state index < -0.39 is 0 Å². The zero-order valence-electron chi connectivity index (χ0n) is 11.9. The van der Waals surface area contributed by atoms with Crippen molar-refractivity contribution in [3.8, 4) is 0 Å². The van der Waals surface area contributed by atoms with E-state index in [9.17, 15) is 0 Å². The molecule has 1 aliphatic rings. The first kappa shape index (κ1) is 14.9.